The quantitative estimate of drug-likeness (QED) is 0.862. The van der Waals surface area contributed by atoms with Crippen LogP contribution < -0.4 is 5.32 Å². The smallest absolute Gasteiger partial charge is 0.131 e. The van der Waals surface area contributed by atoms with Gasteiger partial charge in [0.05, 0.1) is 6.04 Å². The maximum atomic E-state index is 14.2. The highest BCUT2D eigenvalue weighted by Gasteiger charge is 2.20. The Balaban J connectivity index is 2.50. The van der Waals surface area contributed by atoms with E-state index >= 15 is 0 Å². The minimum Gasteiger partial charge on any atom is -0.304 e. The van der Waals surface area contributed by atoms with Gasteiger partial charge in [0.25, 0.3) is 0 Å². The van der Waals surface area contributed by atoms with Gasteiger partial charge in [0, 0.05) is 17.7 Å². The van der Waals surface area contributed by atoms with E-state index in [1.54, 1.807) is 13.0 Å². The molecule has 0 amide bonds. The standard InChI is InChI=1S/C18H21F2N/c1-11(2)21-18(14-7-5-12(3)6-8-14)15-9-13(4)16(19)10-17(15)20/h5-11,18,21H,1-4H3. The summed E-state index contributed by atoms with van der Waals surface area (Å²) in [6.45, 7) is 7.68. The van der Waals surface area contributed by atoms with Crippen molar-refractivity contribution in [1.82, 2.24) is 5.32 Å². The zero-order chi connectivity index (χ0) is 15.6. The van der Waals surface area contributed by atoms with Gasteiger partial charge in [-0.3, -0.25) is 0 Å². The maximum Gasteiger partial charge on any atom is 0.131 e. The van der Waals surface area contributed by atoms with Crippen LogP contribution in [0.25, 0.3) is 0 Å². The molecule has 0 saturated heterocycles. The first kappa shape index (κ1) is 15.6. The van der Waals surface area contributed by atoms with E-state index in [1.807, 2.05) is 45.0 Å². The van der Waals surface area contributed by atoms with Crippen LogP contribution in [0.2, 0.25) is 0 Å². The van der Waals surface area contributed by atoms with E-state index in [-0.39, 0.29) is 12.1 Å². The molecule has 0 radical (unpaired) electrons. The summed E-state index contributed by atoms with van der Waals surface area (Å²) in [6.07, 6.45) is 0. The lowest BCUT2D eigenvalue weighted by atomic mass is 9.95. The molecule has 0 spiro atoms. The van der Waals surface area contributed by atoms with Crippen molar-refractivity contribution < 1.29 is 8.78 Å². The number of nitrogens with one attached hydrogen (secondary N) is 1. The number of benzene rings is 2. The number of halogens is 2. The lowest BCUT2D eigenvalue weighted by Gasteiger charge is -2.23. The maximum absolute atomic E-state index is 14.2. The Morgan fingerprint density at radius 3 is 2.10 bits per heavy atom. The summed E-state index contributed by atoms with van der Waals surface area (Å²) in [7, 11) is 0. The fraction of sp³-hybridized carbons (Fsp3) is 0.333. The van der Waals surface area contributed by atoms with E-state index in [2.05, 4.69) is 5.32 Å². The van der Waals surface area contributed by atoms with Gasteiger partial charge in [0.15, 0.2) is 0 Å². The van der Waals surface area contributed by atoms with Gasteiger partial charge >= 0.3 is 0 Å². The number of hydrogen-bond donors (Lipinski definition) is 1. The van der Waals surface area contributed by atoms with Crippen molar-refractivity contribution in [3.8, 4) is 0 Å². The SMILES string of the molecule is Cc1ccc(C(NC(C)C)c2cc(C)c(F)cc2F)cc1. The van der Waals surface area contributed by atoms with Crippen LogP contribution in [0.1, 0.15) is 42.1 Å². The molecule has 0 aliphatic heterocycles. The fourth-order valence-corrected chi connectivity index (χ4v) is 2.36. The van der Waals surface area contributed by atoms with Crippen molar-refractivity contribution in [1.29, 1.82) is 0 Å². The van der Waals surface area contributed by atoms with E-state index in [9.17, 15) is 8.78 Å². The highest BCUT2D eigenvalue weighted by Crippen LogP contribution is 2.27. The molecule has 1 N–H and O–H groups in total. The molecule has 1 atom stereocenters. The zero-order valence-corrected chi connectivity index (χ0v) is 12.9. The number of rotatable bonds is 4. The van der Waals surface area contributed by atoms with Crippen molar-refractivity contribution in [2.75, 3.05) is 0 Å². The third-order valence-electron chi connectivity index (χ3n) is 3.50. The molecule has 0 heterocycles. The molecule has 0 fully saturated rings. The normalized spacial score (nSPS) is 12.7. The second-order valence-electron chi connectivity index (χ2n) is 5.79. The predicted octanol–water partition coefficient (Wildman–Crippen LogP) is 4.67. The Labute approximate surface area is 125 Å². The second-order valence-corrected chi connectivity index (χ2v) is 5.79. The van der Waals surface area contributed by atoms with Gasteiger partial charge in [-0.25, -0.2) is 8.78 Å². The monoisotopic (exact) mass is 289 g/mol. The van der Waals surface area contributed by atoms with Crippen molar-refractivity contribution in [3.05, 3.63) is 70.3 Å². The summed E-state index contributed by atoms with van der Waals surface area (Å²) in [5.41, 5.74) is 3.05. The minimum atomic E-state index is -0.517. The summed E-state index contributed by atoms with van der Waals surface area (Å²) in [5.74, 6) is -1.03. The molecule has 0 aromatic heterocycles. The van der Waals surface area contributed by atoms with Crippen LogP contribution in [-0.2, 0) is 0 Å². The van der Waals surface area contributed by atoms with Crippen LogP contribution in [0.5, 0.6) is 0 Å². The van der Waals surface area contributed by atoms with Crippen LogP contribution in [-0.4, -0.2) is 6.04 Å². The van der Waals surface area contributed by atoms with Crippen molar-refractivity contribution in [2.45, 2.75) is 39.8 Å². The average molecular weight is 289 g/mol. The van der Waals surface area contributed by atoms with E-state index in [0.29, 0.717) is 11.1 Å². The number of aryl methyl sites for hydroxylation is 2. The summed E-state index contributed by atoms with van der Waals surface area (Å²) in [4.78, 5) is 0. The Kier molecular flexibility index (Phi) is 4.73. The molecule has 2 rings (SSSR count). The molecule has 0 aliphatic carbocycles. The van der Waals surface area contributed by atoms with Gasteiger partial charge in [-0.05, 0) is 44.9 Å². The molecule has 2 aromatic rings. The van der Waals surface area contributed by atoms with E-state index in [1.165, 1.54) is 0 Å². The Hall–Kier alpha value is -1.74. The van der Waals surface area contributed by atoms with Crippen molar-refractivity contribution in [3.63, 3.8) is 0 Å². The van der Waals surface area contributed by atoms with Gasteiger partial charge in [-0.15, -0.1) is 0 Å². The summed E-state index contributed by atoms with van der Waals surface area (Å²) in [5, 5.41) is 3.36. The highest BCUT2D eigenvalue weighted by molar-refractivity contribution is 5.36. The second kappa shape index (κ2) is 6.35. The van der Waals surface area contributed by atoms with Crippen LogP contribution in [0, 0.1) is 25.5 Å². The molecule has 2 aromatic carbocycles. The van der Waals surface area contributed by atoms with Crippen LogP contribution in [0.15, 0.2) is 36.4 Å². The molecule has 1 unspecified atom stereocenters. The van der Waals surface area contributed by atoms with E-state index in [4.69, 9.17) is 0 Å². The van der Waals surface area contributed by atoms with Gasteiger partial charge in [-0.1, -0.05) is 29.8 Å². The van der Waals surface area contributed by atoms with Crippen LogP contribution >= 0.6 is 0 Å². The molecular formula is C18H21F2N. The van der Waals surface area contributed by atoms with Crippen molar-refractivity contribution >= 4 is 0 Å². The lowest BCUT2D eigenvalue weighted by molar-refractivity contribution is 0.496. The van der Waals surface area contributed by atoms with Gasteiger partial charge in [0.1, 0.15) is 11.6 Å². The first-order valence-corrected chi connectivity index (χ1v) is 7.16. The summed E-state index contributed by atoms with van der Waals surface area (Å²) < 4.78 is 27.7. The molecule has 0 saturated carbocycles. The van der Waals surface area contributed by atoms with Crippen molar-refractivity contribution in [2.24, 2.45) is 0 Å². The minimum absolute atomic E-state index is 0.182. The van der Waals surface area contributed by atoms with Crippen LogP contribution in [0.4, 0.5) is 8.78 Å². The Morgan fingerprint density at radius 1 is 0.905 bits per heavy atom. The van der Waals surface area contributed by atoms with Crippen LogP contribution in [0.3, 0.4) is 0 Å². The topological polar surface area (TPSA) is 12.0 Å². The first-order chi connectivity index (χ1) is 9.88. The van der Waals surface area contributed by atoms with E-state index < -0.39 is 11.6 Å². The summed E-state index contributed by atoms with van der Waals surface area (Å²) >= 11 is 0. The third-order valence-corrected chi connectivity index (χ3v) is 3.50. The predicted molar refractivity (Wildman–Crippen MR) is 82.4 cm³/mol. The fourth-order valence-electron chi connectivity index (χ4n) is 2.36. The molecule has 21 heavy (non-hydrogen) atoms. The highest BCUT2D eigenvalue weighted by atomic mass is 19.1. The molecule has 0 aliphatic rings. The molecular weight excluding hydrogens is 268 g/mol. The zero-order valence-electron chi connectivity index (χ0n) is 12.9. The van der Waals surface area contributed by atoms with E-state index in [0.717, 1.165) is 17.2 Å². The lowest BCUT2D eigenvalue weighted by Crippen LogP contribution is -2.29. The van der Waals surface area contributed by atoms with Gasteiger partial charge in [0.2, 0.25) is 0 Å². The third kappa shape index (κ3) is 3.67. The van der Waals surface area contributed by atoms with Gasteiger partial charge < -0.3 is 5.32 Å². The Bertz CT molecular complexity index is 618. The molecule has 0 bridgehead atoms. The largest absolute Gasteiger partial charge is 0.304 e. The van der Waals surface area contributed by atoms with Gasteiger partial charge in [-0.2, -0.15) is 0 Å². The molecule has 1 nitrogen and oxygen atoms in total. The summed E-state index contributed by atoms with van der Waals surface area (Å²) in [6, 6.07) is 10.4. The number of hydrogen-bond acceptors (Lipinski definition) is 1. The molecule has 3 heteroatoms. The Morgan fingerprint density at radius 2 is 1.52 bits per heavy atom. The average Bonchev–Trinajstić information content (AvgIpc) is 2.41. The first-order valence-electron chi connectivity index (χ1n) is 7.16. The molecule has 112 valence electrons.